The van der Waals surface area contributed by atoms with Gasteiger partial charge in [0.15, 0.2) is 5.13 Å². The Bertz CT molecular complexity index is 1330. The van der Waals surface area contributed by atoms with Crippen LogP contribution in [0.4, 0.5) is 5.13 Å². The van der Waals surface area contributed by atoms with E-state index in [1.54, 1.807) is 6.07 Å². The van der Waals surface area contributed by atoms with E-state index in [4.69, 9.17) is 0 Å². The van der Waals surface area contributed by atoms with Gasteiger partial charge in [-0.15, -0.1) is 0 Å². The molecule has 0 bridgehead atoms. The molecule has 5 rings (SSSR count). The minimum Gasteiger partial charge on any atom is -0.298 e. The minimum atomic E-state index is -0.402. The summed E-state index contributed by atoms with van der Waals surface area (Å²) < 4.78 is 0.977. The summed E-state index contributed by atoms with van der Waals surface area (Å²) in [6.45, 7) is 0. The minimum absolute atomic E-state index is 0.246. The number of hydrogen-bond donors (Lipinski definition) is 1. The summed E-state index contributed by atoms with van der Waals surface area (Å²) in [6, 6.07) is 16.5. The molecular formula is C21H13N3O3S. The van der Waals surface area contributed by atoms with Crippen molar-refractivity contribution in [1.29, 1.82) is 0 Å². The lowest BCUT2D eigenvalue weighted by Gasteiger charge is -2.03. The van der Waals surface area contributed by atoms with Crippen LogP contribution in [0.2, 0.25) is 0 Å². The first kappa shape index (κ1) is 16.6. The van der Waals surface area contributed by atoms with Gasteiger partial charge in [0.1, 0.15) is 0 Å². The van der Waals surface area contributed by atoms with Crippen LogP contribution in [0.25, 0.3) is 21.0 Å². The molecule has 0 unspecified atom stereocenters. The maximum Gasteiger partial charge on any atom is 0.261 e. The Morgan fingerprint density at radius 3 is 2.64 bits per heavy atom. The van der Waals surface area contributed by atoms with E-state index in [-0.39, 0.29) is 17.4 Å². The number of benzene rings is 3. The average molecular weight is 387 g/mol. The van der Waals surface area contributed by atoms with Crippen LogP contribution in [0.15, 0.2) is 54.6 Å². The first-order valence-corrected chi connectivity index (χ1v) is 9.40. The standard InChI is InChI=1S/C21H13N3O3S/c1-24-19(26)14-8-6-12(10-15(14)20(24)27)18(25)23-21-22-17-13-5-3-2-4-11(13)7-9-16(17)28-21/h2-10H,1H3,(H,22,23,25). The Balaban J connectivity index is 1.49. The second-order valence-corrected chi connectivity index (χ2v) is 7.57. The Kier molecular flexibility index (Phi) is 3.53. The highest BCUT2D eigenvalue weighted by molar-refractivity contribution is 7.22. The molecular weight excluding hydrogens is 374 g/mol. The van der Waals surface area contributed by atoms with Crippen molar-refractivity contribution in [3.63, 3.8) is 0 Å². The number of amides is 3. The van der Waals surface area contributed by atoms with Gasteiger partial charge in [-0.25, -0.2) is 4.98 Å². The molecule has 6 nitrogen and oxygen atoms in total. The van der Waals surface area contributed by atoms with Crippen molar-refractivity contribution in [3.05, 3.63) is 71.3 Å². The molecule has 1 aliphatic rings. The SMILES string of the molecule is CN1C(=O)c2ccc(C(=O)Nc3nc4c(ccc5ccccc54)s3)cc2C1=O. The Morgan fingerprint density at radius 1 is 1.00 bits per heavy atom. The van der Waals surface area contributed by atoms with Gasteiger partial charge in [-0.1, -0.05) is 41.7 Å². The lowest BCUT2D eigenvalue weighted by molar-refractivity contribution is 0.0693. The van der Waals surface area contributed by atoms with Crippen LogP contribution in [0.1, 0.15) is 31.1 Å². The zero-order valence-corrected chi connectivity index (χ0v) is 15.5. The van der Waals surface area contributed by atoms with Crippen LogP contribution in [-0.4, -0.2) is 34.7 Å². The van der Waals surface area contributed by atoms with Crippen molar-refractivity contribution < 1.29 is 14.4 Å². The number of thiazole rings is 1. The number of aromatic nitrogens is 1. The topological polar surface area (TPSA) is 79.4 Å². The van der Waals surface area contributed by atoms with Crippen molar-refractivity contribution >= 4 is 55.2 Å². The van der Waals surface area contributed by atoms with E-state index in [1.165, 1.54) is 30.5 Å². The third kappa shape index (κ3) is 2.40. The summed E-state index contributed by atoms with van der Waals surface area (Å²) in [5.41, 5.74) is 1.71. The second kappa shape index (κ2) is 5.97. The van der Waals surface area contributed by atoms with Crippen molar-refractivity contribution in [2.24, 2.45) is 0 Å². The molecule has 0 aliphatic carbocycles. The van der Waals surface area contributed by atoms with Crippen molar-refractivity contribution in [2.75, 3.05) is 12.4 Å². The van der Waals surface area contributed by atoms with E-state index in [0.29, 0.717) is 16.3 Å². The molecule has 1 N–H and O–H groups in total. The average Bonchev–Trinajstić information content (AvgIpc) is 3.22. The van der Waals surface area contributed by atoms with Gasteiger partial charge in [-0.2, -0.15) is 0 Å². The second-order valence-electron chi connectivity index (χ2n) is 6.54. The predicted molar refractivity (Wildman–Crippen MR) is 108 cm³/mol. The Hall–Kier alpha value is -3.58. The van der Waals surface area contributed by atoms with Crippen LogP contribution in [-0.2, 0) is 0 Å². The maximum absolute atomic E-state index is 12.7. The number of nitrogens with zero attached hydrogens (tertiary/aromatic N) is 2. The molecule has 0 radical (unpaired) electrons. The van der Waals surface area contributed by atoms with Crippen LogP contribution >= 0.6 is 11.3 Å². The highest BCUT2D eigenvalue weighted by Gasteiger charge is 2.33. The van der Waals surface area contributed by atoms with E-state index in [9.17, 15) is 14.4 Å². The monoisotopic (exact) mass is 387 g/mol. The molecule has 0 fully saturated rings. The van der Waals surface area contributed by atoms with Gasteiger partial charge in [0.2, 0.25) is 0 Å². The molecule has 1 aromatic heterocycles. The number of carbonyl (C=O) groups excluding carboxylic acids is 3. The van der Waals surface area contributed by atoms with E-state index in [1.807, 2.05) is 36.4 Å². The lowest BCUT2D eigenvalue weighted by Crippen LogP contribution is -2.24. The van der Waals surface area contributed by atoms with E-state index in [2.05, 4.69) is 10.3 Å². The number of fused-ring (bicyclic) bond motifs is 4. The molecule has 1 aliphatic heterocycles. The van der Waals surface area contributed by atoms with Crippen LogP contribution in [0.5, 0.6) is 0 Å². The first-order chi connectivity index (χ1) is 13.5. The maximum atomic E-state index is 12.7. The van der Waals surface area contributed by atoms with Crippen LogP contribution < -0.4 is 5.32 Å². The van der Waals surface area contributed by atoms with Crippen molar-refractivity contribution in [1.82, 2.24) is 9.88 Å². The van der Waals surface area contributed by atoms with Gasteiger partial charge >= 0.3 is 0 Å². The molecule has 3 amide bonds. The highest BCUT2D eigenvalue weighted by atomic mass is 32.1. The third-order valence-corrected chi connectivity index (χ3v) is 5.79. The molecule has 0 atom stereocenters. The summed E-state index contributed by atoms with van der Waals surface area (Å²) in [5.74, 6) is -1.13. The fraction of sp³-hybridized carbons (Fsp3) is 0.0476. The summed E-state index contributed by atoms with van der Waals surface area (Å²) in [7, 11) is 1.43. The number of rotatable bonds is 2. The zero-order valence-electron chi connectivity index (χ0n) is 14.7. The molecule has 4 aromatic rings. The normalized spacial score (nSPS) is 13.4. The molecule has 7 heteroatoms. The molecule has 3 aromatic carbocycles. The Morgan fingerprint density at radius 2 is 1.79 bits per heavy atom. The Labute approximate surface area is 163 Å². The summed E-state index contributed by atoms with van der Waals surface area (Å²) >= 11 is 1.39. The van der Waals surface area contributed by atoms with E-state index < -0.39 is 5.91 Å². The largest absolute Gasteiger partial charge is 0.298 e. The lowest BCUT2D eigenvalue weighted by atomic mass is 10.1. The van der Waals surface area contributed by atoms with Gasteiger partial charge in [0, 0.05) is 18.0 Å². The zero-order chi connectivity index (χ0) is 19.4. The number of hydrogen-bond acceptors (Lipinski definition) is 5. The molecule has 2 heterocycles. The van der Waals surface area contributed by atoms with Crippen LogP contribution in [0.3, 0.4) is 0 Å². The number of imide groups is 1. The number of nitrogens with one attached hydrogen (secondary N) is 1. The van der Waals surface area contributed by atoms with Crippen LogP contribution in [0, 0.1) is 0 Å². The number of carbonyl (C=O) groups is 3. The summed E-state index contributed by atoms with van der Waals surface area (Å²) in [5, 5.41) is 5.40. The first-order valence-electron chi connectivity index (χ1n) is 8.59. The van der Waals surface area contributed by atoms with Gasteiger partial charge in [-0.05, 0) is 29.7 Å². The third-order valence-electron chi connectivity index (χ3n) is 4.86. The van der Waals surface area contributed by atoms with Gasteiger partial charge < -0.3 is 0 Å². The molecule has 0 saturated carbocycles. The quantitative estimate of drug-likeness (QED) is 0.529. The van der Waals surface area contributed by atoms with Gasteiger partial charge in [-0.3, -0.25) is 24.6 Å². The van der Waals surface area contributed by atoms with E-state index >= 15 is 0 Å². The number of anilines is 1. The summed E-state index contributed by atoms with van der Waals surface area (Å²) in [6.07, 6.45) is 0. The molecule has 0 saturated heterocycles. The fourth-order valence-electron chi connectivity index (χ4n) is 3.39. The molecule has 136 valence electrons. The molecule has 28 heavy (non-hydrogen) atoms. The van der Waals surface area contributed by atoms with Gasteiger partial charge in [0.05, 0.1) is 21.3 Å². The van der Waals surface area contributed by atoms with Crippen molar-refractivity contribution in [2.45, 2.75) is 0 Å². The smallest absolute Gasteiger partial charge is 0.261 e. The van der Waals surface area contributed by atoms with E-state index in [0.717, 1.165) is 25.9 Å². The summed E-state index contributed by atoms with van der Waals surface area (Å²) in [4.78, 5) is 42.4. The fourth-order valence-corrected chi connectivity index (χ4v) is 4.26. The highest BCUT2D eigenvalue weighted by Crippen LogP contribution is 2.32. The van der Waals surface area contributed by atoms with Gasteiger partial charge in [0.25, 0.3) is 17.7 Å². The van der Waals surface area contributed by atoms with Crippen molar-refractivity contribution in [3.8, 4) is 0 Å². The predicted octanol–water partition coefficient (Wildman–Crippen LogP) is 3.93. The molecule has 0 spiro atoms.